The molecular weight excluding hydrogens is 400 g/mol. The fraction of sp³-hybridized carbons (Fsp3) is 0.227. The van der Waals surface area contributed by atoms with Gasteiger partial charge in [-0.05, 0) is 35.7 Å². The Balaban J connectivity index is 1.36. The third kappa shape index (κ3) is 3.86. The second kappa shape index (κ2) is 8.16. The summed E-state index contributed by atoms with van der Waals surface area (Å²) in [5, 5.41) is 11.8. The van der Waals surface area contributed by atoms with Crippen LogP contribution in [0, 0.1) is 0 Å². The van der Waals surface area contributed by atoms with Gasteiger partial charge in [-0.25, -0.2) is 0 Å². The van der Waals surface area contributed by atoms with Gasteiger partial charge in [-0.2, -0.15) is 0 Å². The Morgan fingerprint density at radius 1 is 1.00 bits per heavy atom. The predicted octanol–water partition coefficient (Wildman–Crippen LogP) is 3.75. The van der Waals surface area contributed by atoms with Crippen LogP contribution in [-0.4, -0.2) is 39.4 Å². The average molecular weight is 420 g/mol. The Kier molecular flexibility index (Phi) is 5.41. The van der Waals surface area contributed by atoms with E-state index in [2.05, 4.69) is 29.4 Å². The van der Waals surface area contributed by atoms with Gasteiger partial charge in [0, 0.05) is 18.5 Å². The fourth-order valence-electron chi connectivity index (χ4n) is 3.24. The van der Waals surface area contributed by atoms with E-state index in [0.717, 1.165) is 5.56 Å². The van der Waals surface area contributed by atoms with Gasteiger partial charge < -0.3 is 0 Å². The number of hydrogen-bond donors (Lipinski definition) is 1. The summed E-state index contributed by atoms with van der Waals surface area (Å²) in [7, 11) is 0. The third-order valence-corrected chi connectivity index (χ3v) is 5.85. The zero-order valence-electron chi connectivity index (χ0n) is 16.6. The van der Waals surface area contributed by atoms with Gasteiger partial charge in [-0.1, -0.05) is 49.4 Å². The fourth-order valence-corrected chi connectivity index (χ4v) is 3.97. The largest absolute Gasteiger partial charge is 0.296 e. The summed E-state index contributed by atoms with van der Waals surface area (Å²) >= 11 is 1.23. The number of aromatic nitrogens is 2. The molecule has 1 aliphatic heterocycles. The SMILES string of the molecule is CC(C)c1ccc(C(=O)Nc2nnc(CCN3C(=O)c4ccccc4C3=O)s2)cc1. The van der Waals surface area contributed by atoms with E-state index in [1.165, 1.54) is 16.2 Å². The molecule has 1 aliphatic rings. The average Bonchev–Trinajstić information content (AvgIpc) is 3.29. The number of amides is 3. The summed E-state index contributed by atoms with van der Waals surface area (Å²) in [6.45, 7) is 4.41. The van der Waals surface area contributed by atoms with E-state index in [4.69, 9.17) is 0 Å². The van der Waals surface area contributed by atoms with Gasteiger partial charge in [0.15, 0.2) is 0 Å². The molecule has 0 aliphatic carbocycles. The normalized spacial score (nSPS) is 13.1. The molecule has 152 valence electrons. The summed E-state index contributed by atoms with van der Waals surface area (Å²) in [6, 6.07) is 14.2. The number of carbonyl (C=O) groups is 3. The van der Waals surface area contributed by atoms with Crippen LogP contribution in [0.2, 0.25) is 0 Å². The van der Waals surface area contributed by atoms with Crippen LogP contribution in [0.5, 0.6) is 0 Å². The highest BCUT2D eigenvalue weighted by Crippen LogP contribution is 2.24. The van der Waals surface area contributed by atoms with Gasteiger partial charge in [-0.15, -0.1) is 10.2 Å². The highest BCUT2D eigenvalue weighted by Gasteiger charge is 2.34. The first-order valence-electron chi connectivity index (χ1n) is 9.63. The van der Waals surface area contributed by atoms with E-state index in [1.807, 2.05) is 12.1 Å². The molecule has 0 spiro atoms. The molecule has 1 N–H and O–H groups in total. The van der Waals surface area contributed by atoms with Gasteiger partial charge in [0.05, 0.1) is 11.1 Å². The van der Waals surface area contributed by atoms with Crippen LogP contribution in [0.25, 0.3) is 0 Å². The lowest BCUT2D eigenvalue weighted by Crippen LogP contribution is -2.31. The second-order valence-electron chi connectivity index (χ2n) is 7.29. The van der Waals surface area contributed by atoms with Gasteiger partial charge >= 0.3 is 0 Å². The van der Waals surface area contributed by atoms with Crippen molar-refractivity contribution in [2.75, 3.05) is 11.9 Å². The molecule has 0 radical (unpaired) electrons. The van der Waals surface area contributed by atoms with Crippen LogP contribution in [0.15, 0.2) is 48.5 Å². The molecule has 7 nitrogen and oxygen atoms in total. The molecule has 0 bridgehead atoms. The first kappa shape index (κ1) is 19.9. The Morgan fingerprint density at radius 2 is 1.63 bits per heavy atom. The Morgan fingerprint density at radius 3 is 2.23 bits per heavy atom. The topological polar surface area (TPSA) is 92.3 Å². The molecule has 2 heterocycles. The summed E-state index contributed by atoms with van der Waals surface area (Å²) < 4.78 is 0. The summed E-state index contributed by atoms with van der Waals surface area (Å²) in [6.07, 6.45) is 0.377. The zero-order valence-corrected chi connectivity index (χ0v) is 17.4. The van der Waals surface area contributed by atoms with Crippen LogP contribution in [-0.2, 0) is 6.42 Å². The molecule has 0 saturated heterocycles. The van der Waals surface area contributed by atoms with Crippen molar-refractivity contribution in [1.82, 2.24) is 15.1 Å². The van der Waals surface area contributed by atoms with Crippen molar-refractivity contribution in [2.45, 2.75) is 26.2 Å². The minimum absolute atomic E-state index is 0.214. The third-order valence-electron chi connectivity index (χ3n) is 4.95. The predicted molar refractivity (Wildman–Crippen MR) is 114 cm³/mol. The van der Waals surface area contributed by atoms with E-state index < -0.39 is 0 Å². The highest BCUT2D eigenvalue weighted by atomic mass is 32.1. The van der Waals surface area contributed by atoms with Crippen molar-refractivity contribution in [3.05, 3.63) is 75.8 Å². The number of anilines is 1. The number of rotatable bonds is 6. The Hall–Kier alpha value is -3.39. The van der Waals surface area contributed by atoms with Crippen molar-refractivity contribution in [2.24, 2.45) is 0 Å². The Labute approximate surface area is 177 Å². The van der Waals surface area contributed by atoms with Gasteiger partial charge in [0.25, 0.3) is 17.7 Å². The minimum Gasteiger partial charge on any atom is -0.296 e. The number of benzene rings is 2. The number of hydrogen-bond acceptors (Lipinski definition) is 6. The molecule has 0 fully saturated rings. The summed E-state index contributed by atoms with van der Waals surface area (Å²) in [5.74, 6) is -0.444. The summed E-state index contributed by atoms with van der Waals surface area (Å²) in [5.41, 5.74) is 2.56. The molecule has 8 heteroatoms. The molecule has 2 aromatic carbocycles. The van der Waals surface area contributed by atoms with E-state index in [0.29, 0.717) is 39.2 Å². The molecule has 30 heavy (non-hydrogen) atoms. The van der Waals surface area contributed by atoms with E-state index >= 15 is 0 Å². The first-order chi connectivity index (χ1) is 14.4. The van der Waals surface area contributed by atoms with E-state index in [1.54, 1.807) is 36.4 Å². The lowest BCUT2D eigenvalue weighted by molar-refractivity contribution is 0.0655. The molecular formula is C22H20N4O3S. The molecule has 3 aromatic rings. The maximum atomic E-state index is 12.4. The molecule has 1 aromatic heterocycles. The van der Waals surface area contributed by atoms with Gasteiger partial charge in [-0.3, -0.25) is 24.6 Å². The molecule has 0 saturated carbocycles. The molecule has 0 unspecified atom stereocenters. The maximum absolute atomic E-state index is 12.4. The minimum atomic E-state index is -0.293. The van der Waals surface area contributed by atoms with Crippen molar-refractivity contribution in [3.8, 4) is 0 Å². The van der Waals surface area contributed by atoms with Crippen molar-refractivity contribution in [3.63, 3.8) is 0 Å². The molecule has 4 rings (SSSR count). The van der Waals surface area contributed by atoms with Crippen molar-refractivity contribution >= 4 is 34.2 Å². The number of imide groups is 1. The highest BCUT2D eigenvalue weighted by molar-refractivity contribution is 7.15. The maximum Gasteiger partial charge on any atom is 0.261 e. The second-order valence-corrected chi connectivity index (χ2v) is 8.35. The standard InChI is InChI=1S/C22H20N4O3S/c1-13(2)14-7-9-15(10-8-14)19(27)23-22-25-24-18(30-22)11-12-26-20(28)16-5-3-4-6-17(16)21(26)29/h3-10,13H,11-12H2,1-2H3,(H,23,25,27). The zero-order chi connectivity index (χ0) is 21.3. The van der Waals surface area contributed by atoms with Gasteiger partial charge in [0.1, 0.15) is 5.01 Å². The number of nitrogens with zero attached hydrogens (tertiary/aromatic N) is 3. The van der Waals surface area contributed by atoms with Crippen LogP contribution in [0.3, 0.4) is 0 Å². The lowest BCUT2D eigenvalue weighted by atomic mass is 10.0. The van der Waals surface area contributed by atoms with Crippen LogP contribution in [0.1, 0.15) is 61.4 Å². The molecule has 0 atom stereocenters. The van der Waals surface area contributed by atoms with Crippen LogP contribution < -0.4 is 5.32 Å². The number of nitrogens with one attached hydrogen (secondary N) is 1. The van der Waals surface area contributed by atoms with Crippen molar-refractivity contribution < 1.29 is 14.4 Å². The number of fused-ring (bicyclic) bond motifs is 1. The lowest BCUT2D eigenvalue weighted by Gasteiger charge is -2.12. The summed E-state index contributed by atoms with van der Waals surface area (Å²) in [4.78, 5) is 38.5. The van der Waals surface area contributed by atoms with Gasteiger partial charge in [0.2, 0.25) is 5.13 Å². The van der Waals surface area contributed by atoms with Crippen LogP contribution in [0.4, 0.5) is 5.13 Å². The van der Waals surface area contributed by atoms with Crippen LogP contribution >= 0.6 is 11.3 Å². The smallest absolute Gasteiger partial charge is 0.261 e. The monoisotopic (exact) mass is 420 g/mol. The molecule has 3 amide bonds. The van der Waals surface area contributed by atoms with E-state index in [-0.39, 0.29) is 24.3 Å². The Bertz CT molecular complexity index is 1090. The van der Waals surface area contributed by atoms with Crippen molar-refractivity contribution in [1.29, 1.82) is 0 Å². The van der Waals surface area contributed by atoms with E-state index in [9.17, 15) is 14.4 Å². The number of carbonyl (C=O) groups excluding carboxylic acids is 3. The first-order valence-corrected chi connectivity index (χ1v) is 10.4. The quantitative estimate of drug-likeness (QED) is 0.613.